The predicted molar refractivity (Wildman–Crippen MR) is 213 cm³/mol. The Morgan fingerprint density at radius 1 is 0.590 bits per heavy atom. The third-order valence-corrected chi connectivity index (χ3v) is 18.2. The lowest BCUT2D eigenvalue weighted by atomic mass is 9.44. The summed E-state index contributed by atoms with van der Waals surface area (Å²) in [5.74, 6) is 3.27. The largest absolute Gasteiger partial charge is 0.394 e. The topological polar surface area (TPSA) is 236 Å². The molecule has 0 amide bonds. The Balaban J connectivity index is 0.897. The van der Waals surface area contributed by atoms with Crippen LogP contribution in [0.25, 0.3) is 0 Å². The first-order chi connectivity index (χ1) is 28.9. The Kier molecular flexibility index (Phi) is 12.6. The minimum absolute atomic E-state index is 0.122. The maximum atomic E-state index is 12.0. The van der Waals surface area contributed by atoms with Crippen molar-refractivity contribution in [2.75, 3.05) is 13.2 Å². The molecule has 9 rings (SSSR count). The molecule has 9 fully saturated rings. The summed E-state index contributed by atoms with van der Waals surface area (Å²) in [6.45, 7) is 12.9. The highest BCUT2D eigenvalue weighted by Gasteiger charge is 2.69. The van der Waals surface area contributed by atoms with Crippen LogP contribution in [0.5, 0.6) is 0 Å². The monoisotopic (exact) mass is 870 g/mol. The molecule has 8 N–H and O–H groups in total. The van der Waals surface area contributed by atoms with Crippen LogP contribution in [0.2, 0.25) is 0 Å². The van der Waals surface area contributed by atoms with E-state index >= 15 is 0 Å². The van der Waals surface area contributed by atoms with Crippen LogP contribution in [-0.2, 0) is 37.9 Å². The summed E-state index contributed by atoms with van der Waals surface area (Å²) in [5.41, 5.74) is 0.350. The number of ether oxygens (including phenoxy) is 8. The molecule has 61 heavy (non-hydrogen) atoms. The molecule has 0 bridgehead atoms. The van der Waals surface area contributed by atoms with Gasteiger partial charge in [0.1, 0.15) is 61.0 Å². The van der Waals surface area contributed by atoms with Crippen LogP contribution in [0, 0.1) is 52.3 Å². The molecule has 0 aromatic heterocycles. The van der Waals surface area contributed by atoms with E-state index in [1.165, 1.54) is 26.7 Å². The molecule has 350 valence electrons. The lowest BCUT2D eigenvalue weighted by Gasteiger charge is -2.61. The molecule has 4 aliphatic carbocycles. The summed E-state index contributed by atoms with van der Waals surface area (Å²) < 4.78 is 50.3. The third-order valence-electron chi connectivity index (χ3n) is 18.2. The van der Waals surface area contributed by atoms with Crippen LogP contribution in [0.1, 0.15) is 106 Å². The molecule has 5 heterocycles. The van der Waals surface area contributed by atoms with Gasteiger partial charge in [-0.1, -0.05) is 27.7 Å². The Bertz CT molecular complexity index is 1530. The van der Waals surface area contributed by atoms with Gasteiger partial charge in [0.15, 0.2) is 24.7 Å². The second-order valence-electron chi connectivity index (χ2n) is 21.5. The van der Waals surface area contributed by atoms with Crippen LogP contribution in [0.3, 0.4) is 0 Å². The normalized spacial score (nSPS) is 59.7. The second-order valence-corrected chi connectivity index (χ2v) is 21.5. The molecule has 4 saturated carbocycles. The molecule has 5 saturated heterocycles. The summed E-state index contributed by atoms with van der Waals surface area (Å²) in [5, 5.41) is 85.9. The summed E-state index contributed by atoms with van der Waals surface area (Å²) in [6, 6.07) is 0. The van der Waals surface area contributed by atoms with Crippen molar-refractivity contribution >= 4 is 0 Å². The average Bonchev–Trinajstić information content (AvgIpc) is 3.69. The van der Waals surface area contributed by atoms with Crippen LogP contribution >= 0.6 is 0 Å². The lowest BCUT2D eigenvalue weighted by molar-refractivity contribution is -0.389. The van der Waals surface area contributed by atoms with Crippen LogP contribution in [-0.4, -0.2) is 164 Å². The molecule has 1 unspecified atom stereocenters. The quantitative estimate of drug-likeness (QED) is 0.169. The van der Waals surface area contributed by atoms with E-state index in [4.69, 9.17) is 37.9 Å². The third kappa shape index (κ3) is 7.50. The first-order valence-corrected chi connectivity index (χ1v) is 23.5. The van der Waals surface area contributed by atoms with Gasteiger partial charge >= 0.3 is 0 Å². The van der Waals surface area contributed by atoms with Crippen molar-refractivity contribution in [2.45, 2.75) is 216 Å². The maximum absolute atomic E-state index is 12.0. The van der Waals surface area contributed by atoms with E-state index in [-0.39, 0.29) is 23.0 Å². The lowest BCUT2D eigenvalue weighted by Crippen LogP contribution is -2.66. The number of rotatable bonds is 7. The highest BCUT2D eigenvalue weighted by atomic mass is 16.8. The Morgan fingerprint density at radius 3 is 1.85 bits per heavy atom. The number of aliphatic hydroxyl groups excluding tert-OH is 8. The van der Waals surface area contributed by atoms with Gasteiger partial charge in [-0.25, -0.2) is 0 Å². The zero-order valence-electron chi connectivity index (χ0n) is 36.7. The van der Waals surface area contributed by atoms with E-state index in [1.54, 1.807) is 0 Å². The van der Waals surface area contributed by atoms with Gasteiger partial charge in [0.05, 0.1) is 37.6 Å². The van der Waals surface area contributed by atoms with Crippen LogP contribution in [0.15, 0.2) is 0 Å². The van der Waals surface area contributed by atoms with Crippen molar-refractivity contribution in [2.24, 2.45) is 52.3 Å². The Labute approximate surface area is 359 Å². The van der Waals surface area contributed by atoms with Crippen molar-refractivity contribution in [3.05, 3.63) is 0 Å². The van der Waals surface area contributed by atoms with Gasteiger partial charge in [0.25, 0.3) is 0 Å². The zero-order valence-corrected chi connectivity index (χ0v) is 36.7. The van der Waals surface area contributed by atoms with Crippen molar-refractivity contribution in [3.8, 4) is 0 Å². The molecule has 27 atom stereocenters. The van der Waals surface area contributed by atoms with E-state index in [0.717, 1.165) is 58.0 Å². The van der Waals surface area contributed by atoms with E-state index < -0.39 is 105 Å². The van der Waals surface area contributed by atoms with Gasteiger partial charge in [-0.15, -0.1) is 0 Å². The predicted octanol–water partition coefficient (Wildman–Crippen LogP) is 1.32. The molecule has 9 aliphatic rings. The van der Waals surface area contributed by atoms with E-state index in [9.17, 15) is 40.9 Å². The molecule has 0 radical (unpaired) electrons. The van der Waals surface area contributed by atoms with Crippen molar-refractivity contribution in [1.82, 2.24) is 0 Å². The van der Waals surface area contributed by atoms with Crippen LogP contribution in [0.4, 0.5) is 0 Å². The minimum atomic E-state index is -1.70. The van der Waals surface area contributed by atoms with Crippen LogP contribution < -0.4 is 0 Å². The van der Waals surface area contributed by atoms with Gasteiger partial charge in [0.2, 0.25) is 0 Å². The summed E-state index contributed by atoms with van der Waals surface area (Å²) in [6.07, 6.45) is -11.0. The number of hydrogen-bond donors (Lipinski definition) is 8. The summed E-state index contributed by atoms with van der Waals surface area (Å²) >= 11 is 0. The SMILES string of the molecule is C[C@@H]1CC[C@@]2(OC1)O[C@H]1C[C@H]3[C@@H]4CCC5C[C@@H](O[C@@H]6O[C@H](CO)[C@@H](O[C@@H]7O[C@@H](C)[C@H](O)[C@@H](O)[C@H]7O)[C@H](O)[C@H]6O[C@@H]6O[C@@H](C)[C@H](O)[C@@H](O)[C@H]6O)CC[C@]5(C)[C@H]4CC[C@]3(C)[C@H]1[C@@H]2C. The fourth-order valence-corrected chi connectivity index (χ4v) is 14.6. The van der Waals surface area contributed by atoms with E-state index in [1.807, 2.05) is 0 Å². The molecule has 16 heteroatoms. The number of hydrogen-bond acceptors (Lipinski definition) is 16. The molecule has 1 spiro atoms. The smallest absolute Gasteiger partial charge is 0.187 e. The molecule has 16 nitrogen and oxygen atoms in total. The van der Waals surface area contributed by atoms with Crippen molar-refractivity contribution in [1.29, 1.82) is 0 Å². The fourth-order valence-electron chi connectivity index (χ4n) is 14.6. The number of aliphatic hydroxyl groups is 8. The maximum Gasteiger partial charge on any atom is 0.187 e. The highest BCUT2D eigenvalue weighted by Crippen LogP contribution is 2.71. The van der Waals surface area contributed by atoms with Gasteiger partial charge in [0, 0.05) is 12.3 Å². The first kappa shape index (κ1) is 45.5. The van der Waals surface area contributed by atoms with Crippen molar-refractivity contribution in [3.63, 3.8) is 0 Å². The Morgan fingerprint density at radius 2 is 1.23 bits per heavy atom. The molecule has 0 aromatic rings. The molecular formula is C45H74O16. The standard InChI is InChI=1S/C45H74O16/c1-19-9-14-45(54-18-19)20(2)30-28(61-45)16-27-25-8-7-23-15-24(10-12-43(23,5)26(25)11-13-44(27,30)6)57-42-39(60-41-36(52)34(50)32(48)22(4)56-41)37(53)38(29(17-46)58-42)59-40-35(51)33(49)31(47)21(3)55-40/h19-42,46-53H,7-18H2,1-6H3/t19-,20+,21+,22+,23?,24+,25-,26+,27+,28+,29-,30+,31+,32+,33-,34-,35-,36-,37+,38-,39-,40+,41+,42-,43+,44+,45-/m1/s1. The average molecular weight is 871 g/mol. The van der Waals surface area contributed by atoms with E-state index in [0.29, 0.717) is 41.4 Å². The fraction of sp³-hybridized carbons (Fsp3) is 1.00. The summed E-state index contributed by atoms with van der Waals surface area (Å²) in [7, 11) is 0. The zero-order chi connectivity index (χ0) is 43.5. The van der Waals surface area contributed by atoms with Gasteiger partial charge in [-0.05, 0) is 118 Å². The minimum Gasteiger partial charge on any atom is -0.394 e. The highest BCUT2D eigenvalue weighted by molar-refractivity contribution is 5.15. The van der Waals surface area contributed by atoms with Gasteiger partial charge in [-0.2, -0.15) is 0 Å². The number of fused-ring (bicyclic) bond motifs is 7. The van der Waals surface area contributed by atoms with Crippen molar-refractivity contribution < 1.29 is 78.7 Å². The molecule has 5 aliphatic heterocycles. The summed E-state index contributed by atoms with van der Waals surface area (Å²) in [4.78, 5) is 0. The second kappa shape index (κ2) is 16.9. The van der Waals surface area contributed by atoms with E-state index in [2.05, 4.69) is 27.7 Å². The first-order valence-electron chi connectivity index (χ1n) is 23.5. The van der Waals surface area contributed by atoms with Gasteiger partial charge in [-0.3, -0.25) is 0 Å². The van der Waals surface area contributed by atoms with Gasteiger partial charge < -0.3 is 78.7 Å². The molecular weight excluding hydrogens is 796 g/mol. The Hall–Kier alpha value is -0.640. The molecule has 0 aromatic carbocycles.